The number of aliphatic hydroxyl groups is 2. The number of carbonyl (C=O) groups excluding carboxylic acids is 2. The van der Waals surface area contributed by atoms with Crippen molar-refractivity contribution in [1.82, 2.24) is 0 Å². The fraction of sp³-hybridized carbons (Fsp3) is 0.471. The van der Waals surface area contributed by atoms with Crippen LogP contribution in [-0.4, -0.2) is 35.0 Å². The van der Waals surface area contributed by atoms with Gasteiger partial charge in [-0.2, -0.15) is 0 Å². The quantitative estimate of drug-likeness (QED) is 0.0698. The summed E-state index contributed by atoms with van der Waals surface area (Å²) >= 11 is 0. The lowest BCUT2D eigenvalue weighted by atomic mass is 10.1. The van der Waals surface area contributed by atoms with Crippen molar-refractivity contribution in [3.05, 3.63) is 71.8 Å². The summed E-state index contributed by atoms with van der Waals surface area (Å²) in [5.74, 6) is -1.18. The number of hydrogen-bond acceptors (Lipinski definition) is 6. The molecule has 218 valence electrons. The van der Waals surface area contributed by atoms with E-state index in [0.29, 0.717) is 35.8 Å². The van der Waals surface area contributed by atoms with Gasteiger partial charge in [0.05, 0.1) is 13.2 Å². The van der Waals surface area contributed by atoms with E-state index in [4.69, 9.17) is 9.47 Å². The summed E-state index contributed by atoms with van der Waals surface area (Å²) in [4.78, 5) is 24.7. The molecule has 0 atom stereocenters. The van der Waals surface area contributed by atoms with Gasteiger partial charge in [0.15, 0.2) is 0 Å². The van der Waals surface area contributed by atoms with E-state index in [0.717, 1.165) is 37.8 Å². The highest BCUT2D eigenvalue weighted by Gasteiger charge is 2.13. The maximum absolute atomic E-state index is 12.3. The second-order valence-electron chi connectivity index (χ2n) is 10.1. The molecular weight excluding hydrogens is 504 g/mol. The van der Waals surface area contributed by atoms with Crippen LogP contribution in [0.4, 0.5) is 0 Å². The fourth-order valence-electron chi connectivity index (χ4n) is 4.15. The van der Waals surface area contributed by atoms with E-state index in [1.165, 1.54) is 51.4 Å². The number of allylic oxidation sites excluding steroid dienone is 2. The molecule has 0 radical (unpaired) electrons. The summed E-state index contributed by atoms with van der Waals surface area (Å²) in [5.41, 5.74) is 0.774. The third-order valence-corrected chi connectivity index (χ3v) is 6.61. The second-order valence-corrected chi connectivity index (χ2v) is 10.1. The van der Waals surface area contributed by atoms with E-state index in [1.54, 1.807) is 48.5 Å². The standard InChI is InChI=1S/C34H46O6/c1-3-5-7-9-11-13-23-39-29-19-15-27(16-20-29)31(35)25-33(37)34(38)26-32(36)28-17-21-30(22-18-28)40-24-14-12-10-8-6-4-2/h15-22,25-26,35-36H,3-14,23-24H2,1-2H3/b31-25-,32-26-. The monoisotopic (exact) mass is 550 g/mol. The minimum Gasteiger partial charge on any atom is -0.507 e. The fourth-order valence-corrected chi connectivity index (χ4v) is 4.15. The van der Waals surface area contributed by atoms with Crippen LogP contribution in [0.3, 0.4) is 0 Å². The predicted octanol–water partition coefficient (Wildman–Crippen LogP) is 8.80. The third kappa shape index (κ3) is 13.0. The Morgan fingerprint density at radius 3 is 1.23 bits per heavy atom. The third-order valence-electron chi connectivity index (χ3n) is 6.61. The number of hydrogen-bond donors (Lipinski definition) is 2. The Morgan fingerprint density at radius 1 is 0.550 bits per heavy atom. The van der Waals surface area contributed by atoms with Gasteiger partial charge in [-0.3, -0.25) is 9.59 Å². The topological polar surface area (TPSA) is 93.1 Å². The number of aliphatic hydroxyl groups excluding tert-OH is 2. The smallest absolute Gasteiger partial charge is 0.229 e. The molecule has 0 aliphatic rings. The van der Waals surface area contributed by atoms with Crippen LogP contribution >= 0.6 is 0 Å². The molecular formula is C34H46O6. The number of carbonyl (C=O) groups is 2. The van der Waals surface area contributed by atoms with E-state index < -0.39 is 11.6 Å². The lowest BCUT2D eigenvalue weighted by Crippen LogP contribution is -2.09. The highest BCUT2D eigenvalue weighted by Crippen LogP contribution is 2.20. The zero-order valence-electron chi connectivity index (χ0n) is 24.2. The minimum atomic E-state index is -0.939. The zero-order valence-corrected chi connectivity index (χ0v) is 24.2. The SMILES string of the molecule is CCCCCCCCOc1ccc(/C(O)=C/C(=O)C(=O)/C=C(\O)c2ccc(OCCCCCCCC)cc2)cc1. The van der Waals surface area contributed by atoms with Crippen LogP contribution in [0, 0.1) is 0 Å². The van der Waals surface area contributed by atoms with E-state index in [9.17, 15) is 19.8 Å². The number of ketones is 2. The summed E-state index contributed by atoms with van der Waals surface area (Å²) in [5, 5.41) is 20.6. The van der Waals surface area contributed by atoms with Crippen molar-refractivity contribution < 1.29 is 29.3 Å². The average molecular weight is 551 g/mol. The molecule has 0 aromatic heterocycles. The van der Waals surface area contributed by atoms with Gasteiger partial charge in [0.2, 0.25) is 11.6 Å². The molecule has 0 saturated carbocycles. The normalized spacial score (nSPS) is 11.8. The number of ether oxygens (including phenoxy) is 2. The molecule has 0 aliphatic heterocycles. The van der Waals surface area contributed by atoms with Gasteiger partial charge in [-0.25, -0.2) is 0 Å². The Kier molecular flexibility index (Phi) is 15.9. The zero-order chi connectivity index (χ0) is 29.0. The largest absolute Gasteiger partial charge is 0.507 e. The van der Waals surface area contributed by atoms with Crippen LogP contribution in [0.1, 0.15) is 102 Å². The van der Waals surface area contributed by atoms with Crippen molar-refractivity contribution in [2.75, 3.05) is 13.2 Å². The minimum absolute atomic E-state index is 0.333. The summed E-state index contributed by atoms with van der Waals surface area (Å²) in [6.07, 6.45) is 15.9. The molecule has 40 heavy (non-hydrogen) atoms. The summed E-state index contributed by atoms with van der Waals surface area (Å²) in [6, 6.07) is 13.4. The first-order chi connectivity index (χ1) is 19.4. The van der Waals surface area contributed by atoms with Gasteiger partial charge in [0.25, 0.3) is 0 Å². The van der Waals surface area contributed by atoms with Crippen molar-refractivity contribution in [1.29, 1.82) is 0 Å². The van der Waals surface area contributed by atoms with Crippen molar-refractivity contribution in [2.24, 2.45) is 0 Å². The van der Waals surface area contributed by atoms with Gasteiger partial charge < -0.3 is 19.7 Å². The van der Waals surface area contributed by atoms with Crippen LogP contribution in [-0.2, 0) is 9.59 Å². The van der Waals surface area contributed by atoms with Crippen molar-refractivity contribution in [3.63, 3.8) is 0 Å². The second kappa shape index (κ2) is 19.5. The van der Waals surface area contributed by atoms with Crippen molar-refractivity contribution in [3.8, 4) is 11.5 Å². The van der Waals surface area contributed by atoms with E-state index in [1.807, 2.05) is 0 Å². The number of rotatable bonds is 21. The number of unbranched alkanes of at least 4 members (excludes halogenated alkanes) is 10. The summed E-state index contributed by atoms with van der Waals surface area (Å²) in [7, 11) is 0. The van der Waals surface area contributed by atoms with E-state index in [-0.39, 0.29) is 11.5 Å². The lowest BCUT2D eigenvalue weighted by molar-refractivity contribution is -0.130. The molecule has 0 bridgehead atoms. The van der Waals surface area contributed by atoms with Crippen LogP contribution < -0.4 is 9.47 Å². The molecule has 2 N–H and O–H groups in total. The first kappa shape index (κ1) is 32.7. The molecule has 0 heterocycles. The number of benzene rings is 2. The van der Waals surface area contributed by atoms with Gasteiger partial charge in [-0.1, -0.05) is 78.1 Å². The molecule has 0 spiro atoms. The summed E-state index contributed by atoms with van der Waals surface area (Å²) in [6.45, 7) is 5.66. The van der Waals surface area contributed by atoms with Crippen LogP contribution in [0.5, 0.6) is 11.5 Å². The predicted molar refractivity (Wildman–Crippen MR) is 162 cm³/mol. The van der Waals surface area contributed by atoms with Crippen LogP contribution in [0.15, 0.2) is 60.7 Å². The molecule has 2 aromatic rings. The average Bonchev–Trinajstić information content (AvgIpc) is 2.96. The maximum Gasteiger partial charge on any atom is 0.229 e. The Morgan fingerprint density at radius 2 is 0.875 bits per heavy atom. The molecule has 0 saturated heterocycles. The first-order valence-electron chi connectivity index (χ1n) is 14.8. The molecule has 6 nitrogen and oxygen atoms in total. The van der Waals surface area contributed by atoms with Gasteiger partial charge in [0.1, 0.15) is 23.0 Å². The summed E-state index contributed by atoms with van der Waals surface area (Å²) < 4.78 is 11.5. The molecule has 0 fully saturated rings. The molecule has 2 aromatic carbocycles. The van der Waals surface area contributed by atoms with Crippen LogP contribution in [0.2, 0.25) is 0 Å². The Labute approximate surface area is 239 Å². The first-order valence-corrected chi connectivity index (χ1v) is 14.8. The molecule has 0 unspecified atom stereocenters. The van der Waals surface area contributed by atoms with Gasteiger partial charge >= 0.3 is 0 Å². The van der Waals surface area contributed by atoms with E-state index >= 15 is 0 Å². The van der Waals surface area contributed by atoms with Gasteiger partial charge in [-0.05, 0) is 61.4 Å². The molecule has 6 heteroatoms. The Balaban J connectivity index is 1.80. The highest BCUT2D eigenvalue weighted by molar-refractivity contribution is 6.47. The van der Waals surface area contributed by atoms with Gasteiger partial charge in [0, 0.05) is 23.3 Å². The van der Waals surface area contributed by atoms with Crippen LogP contribution in [0.25, 0.3) is 11.5 Å². The molecule has 0 aliphatic carbocycles. The van der Waals surface area contributed by atoms with Gasteiger partial charge in [-0.15, -0.1) is 0 Å². The maximum atomic E-state index is 12.3. The molecule has 2 rings (SSSR count). The van der Waals surface area contributed by atoms with Crippen molar-refractivity contribution >= 4 is 23.1 Å². The molecule has 0 amide bonds. The van der Waals surface area contributed by atoms with Crippen molar-refractivity contribution in [2.45, 2.75) is 90.9 Å². The lowest BCUT2D eigenvalue weighted by Gasteiger charge is -2.07. The van der Waals surface area contributed by atoms with E-state index in [2.05, 4.69) is 13.8 Å². The highest BCUT2D eigenvalue weighted by atomic mass is 16.5. The Hall–Kier alpha value is -3.54. The Bertz CT molecular complexity index is 979.